The fraction of sp³-hybridized carbons (Fsp3) is 0.400. The fourth-order valence-corrected chi connectivity index (χ4v) is 8.49. The summed E-state index contributed by atoms with van der Waals surface area (Å²) in [4.78, 5) is 0.0415. The van der Waals surface area contributed by atoms with Gasteiger partial charge in [-0.15, -0.1) is 0 Å². The molecule has 0 bridgehead atoms. The number of hydrogen-bond acceptors (Lipinski definition) is 6. The zero-order valence-corrected chi connectivity index (χ0v) is 17.8. The number of ether oxygens (including phenoxy) is 1. The summed E-state index contributed by atoms with van der Waals surface area (Å²) in [5.41, 5.74) is 2.84. The average Bonchev–Trinajstić information content (AvgIpc) is 2.96. The van der Waals surface area contributed by atoms with Crippen molar-refractivity contribution < 1.29 is 21.6 Å². The Morgan fingerprint density at radius 1 is 1.11 bits per heavy atom. The van der Waals surface area contributed by atoms with Crippen LogP contribution in [0.3, 0.4) is 0 Å². The number of nitrogens with one attached hydrogen (secondary N) is 1. The summed E-state index contributed by atoms with van der Waals surface area (Å²) in [6, 6.07) is 12.0. The summed E-state index contributed by atoms with van der Waals surface area (Å²) in [6.07, 6.45) is 0. The molecule has 0 amide bonds. The highest BCUT2D eigenvalue weighted by Gasteiger charge is 2.46. The van der Waals surface area contributed by atoms with Crippen LogP contribution in [0.2, 0.25) is 0 Å². The molecule has 0 aliphatic carbocycles. The minimum Gasteiger partial charge on any atom is -0.495 e. The molecule has 0 radical (unpaired) electrons. The maximum Gasteiger partial charge on any atom is 0.187 e. The molecule has 1 fully saturated rings. The van der Waals surface area contributed by atoms with Crippen molar-refractivity contribution in [1.82, 2.24) is 5.32 Å². The Morgan fingerprint density at radius 2 is 1.82 bits per heavy atom. The zero-order valence-electron chi connectivity index (χ0n) is 16.2. The predicted molar refractivity (Wildman–Crippen MR) is 109 cm³/mol. The maximum absolute atomic E-state index is 13.4. The summed E-state index contributed by atoms with van der Waals surface area (Å²) in [5.74, 6) is -0.359. The van der Waals surface area contributed by atoms with Gasteiger partial charge in [-0.2, -0.15) is 0 Å². The van der Waals surface area contributed by atoms with E-state index in [1.165, 1.54) is 13.2 Å². The van der Waals surface area contributed by atoms with Crippen molar-refractivity contribution in [3.05, 3.63) is 59.2 Å². The first-order valence-corrected chi connectivity index (χ1v) is 12.4. The van der Waals surface area contributed by atoms with E-state index in [2.05, 4.69) is 5.32 Å². The van der Waals surface area contributed by atoms with E-state index in [0.29, 0.717) is 6.54 Å². The van der Waals surface area contributed by atoms with Crippen LogP contribution in [0.15, 0.2) is 47.4 Å². The van der Waals surface area contributed by atoms with E-state index in [-0.39, 0.29) is 16.4 Å². The van der Waals surface area contributed by atoms with Crippen molar-refractivity contribution in [3.63, 3.8) is 0 Å². The Labute approximate surface area is 166 Å². The number of methoxy groups -OCH3 is 1. The number of aryl methyl sites for hydroxylation is 2. The molecule has 1 aliphatic heterocycles. The Balaban J connectivity index is 1.94. The lowest BCUT2D eigenvalue weighted by Gasteiger charge is -2.21. The summed E-state index contributed by atoms with van der Waals surface area (Å²) in [6.45, 7) is 4.16. The van der Waals surface area contributed by atoms with Gasteiger partial charge in [0.15, 0.2) is 19.7 Å². The van der Waals surface area contributed by atoms with Crippen LogP contribution in [0, 0.1) is 13.8 Å². The van der Waals surface area contributed by atoms with Crippen LogP contribution >= 0.6 is 0 Å². The topological polar surface area (TPSA) is 89.5 Å². The van der Waals surface area contributed by atoms with E-state index in [1.807, 2.05) is 31.2 Å². The number of rotatable bonds is 6. The summed E-state index contributed by atoms with van der Waals surface area (Å²) in [5, 5.41) is 2.12. The van der Waals surface area contributed by atoms with Gasteiger partial charge in [-0.05, 0) is 42.7 Å². The first kappa shape index (κ1) is 20.8. The summed E-state index contributed by atoms with van der Waals surface area (Å²) in [7, 11) is -5.96. The van der Waals surface area contributed by atoms with Crippen LogP contribution in [-0.2, 0) is 26.2 Å². The highest BCUT2D eigenvalue weighted by Crippen LogP contribution is 2.32. The van der Waals surface area contributed by atoms with E-state index in [4.69, 9.17) is 4.74 Å². The number of sulfone groups is 2. The van der Waals surface area contributed by atoms with Gasteiger partial charge < -0.3 is 10.1 Å². The molecular formula is C20H25NO5S2. The molecule has 1 aliphatic rings. The Hall–Kier alpha value is -1.90. The first-order chi connectivity index (χ1) is 13.1. The first-order valence-electron chi connectivity index (χ1n) is 9.01. The quantitative estimate of drug-likeness (QED) is 0.765. The van der Waals surface area contributed by atoms with Gasteiger partial charge >= 0.3 is 0 Å². The molecule has 3 rings (SSSR count). The van der Waals surface area contributed by atoms with Gasteiger partial charge in [0.2, 0.25) is 0 Å². The monoisotopic (exact) mass is 423 g/mol. The van der Waals surface area contributed by atoms with Gasteiger partial charge in [-0.1, -0.05) is 30.3 Å². The van der Waals surface area contributed by atoms with Crippen LogP contribution in [0.5, 0.6) is 5.75 Å². The largest absolute Gasteiger partial charge is 0.495 e. The van der Waals surface area contributed by atoms with Crippen LogP contribution < -0.4 is 10.1 Å². The molecule has 1 saturated heterocycles. The zero-order chi connectivity index (χ0) is 20.5. The van der Waals surface area contributed by atoms with Gasteiger partial charge in [-0.25, -0.2) is 16.8 Å². The third kappa shape index (κ3) is 4.24. The lowest BCUT2D eigenvalue weighted by atomic mass is 10.1. The molecule has 0 saturated carbocycles. The smallest absolute Gasteiger partial charge is 0.187 e. The molecule has 0 aromatic heterocycles. The minimum atomic E-state index is -3.91. The highest BCUT2D eigenvalue weighted by molar-refractivity contribution is 7.96. The van der Waals surface area contributed by atoms with Gasteiger partial charge in [-0.3, -0.25) is 0 Å². The molecule has 8 heteroatoms. The Kier molecular flexibility index (Phi) is 5.84. The van der Waals surface area contributed by atoms with Gasteiger partial charge in [0.1, 0.15) is 10.6 Å². The minimum absolute atomic E-state index is 0.0415. The second-order valence-corrected chi connectivity index (χ2v) is 11.5. The van der Waals surface area contributed by atoms with Crippen LogP contribution in [0.1, 0.15) is 16.7 Å². The molecule has 2 aromatic carbocycles. The molecule has 28 heavy (non-hydrogen) atoms. The molecule has 6 nitrogen and oxygen atoms in total. The van der Waals surface area contributed by atoms with E-state index in [1.54, 1.807) is 19.1 Å². The molecular weight excluding hydrogens is 398 g/mol. The molecule has 1 heterocycles. The van der Waals surface area contributed by atoms with Crippen molar-refractivity contribution >= 4 is 19.7 Å². The second-order valence-electron chi connectivity index (χ2n) is 7.23. The summed E-state index contributed by atoms with van der Waals surface area (Å²) >= 11 is 0. The molecule has 1 N–H and O–H groups in total. The van der Waals surface area contributed by atoms with Crippen molar-refractivity contribution in [1.29, 1.82) is 0 Å². The lowest BCUT2D eigenvalue weighted by Crippen LogP contribution is -2.43. The normalized spacial score (nSPS) is 21.5. The molecule has 0 unspecified atom stereocenters. The Morgan fingerprint density at radius 3 is 2.50 bits per heavy atom. The molecule has 152 valence electrons. The van der Waals surface area contributed by atoms with Crippen molar-refractivity contribution in [2.24, 2.45) is 0 Å². The number of hydrogen-bond donors (Lipinski definition) is 1. The Bertz CT molecular complexity index is 1080. The van der Waals surface area contributed by atoms with Gasteiger partial charge in [0.25, 0.3) is 0 Å². The third-order valence-electron chi connectivity index (χ3n) is 5.14. The molecule has 2 aromatic rings. The van der Waals surface area contributed by atoms with Crippen LogP contribution in [0.25, 0.3) is 0 Å². The van der Waals surface area contributed by atoms with Crippen LogP contribution in [-0.4, -0.2) is 46.7 Å². The standard InChI is InChI=1S/C20H25NO5S2/c1-14-8-9-18(26-3)19(10-14)28(24,25)20-13-27(22,23)12-17(20)21-11-16-7-5-4-6-15(16)2/h4-10,17,20-21H,11-13H2,1-3H3/t17-,20-/m1/s1. The van der Waals surface area contributed by atoms with Gasteiger partial charge in [0.05, 0.1) is 23.9 Å². The lowest BCUT2D eigenvalue weighted by molar-refractivity contribution is 0.402. The summed E-state index contributed by atoms with van der Waals surface area (Å²) < 4.78 is 56.5. The molecule has 2 atom stereocenters. The van der Waals surface area contributed by atoms with Crippen LogP contribution in [0.4, 0.5) is 0 Å². The second kappa shape index (κ2) is 7.85. The number of benzene rings is 2. The van der Waals surface area contributed by atoms with E-state index in [9.17, 15) is 16.8 Å². The fourth-order valence-electron chi connectivity index (χ4n) is 3.53. The SMILES string of the molecule is COc1ccc(C)cc1S(=O)(=O)[C@@H]1CS(=O)(=O)C[C@H]1NCc1ccccc1C. The van der Waals surface area contributed by atoms with Crippen molar-refractivity contribution in [2.45, 2.75) is 36.6 Å². The van der Waals surface area contributed by atoms with E-state index in [0.717, 1.165) is 16.7 Å². The third-order valence-corrected chi connectivity index (χ3v) is 9.31. The molecule has 0 spiro atoms. The maximum atomic E-state index is 13.4. The van der Waals surface area contributed by atoms with E-state index >= 15 is 0 Å². The van der Waals surface area contributed by atoms with Crippen molar-refractivity contribution in [2.75, 3.05) is 18.6 Å². The highest BCUT2D eigenvalue weighted by atomic mass is 32.2. The van der Waals surface area contributed by atoms with Crippen molar-refractivity contribution in [3.8, 4) is 5.75 Å². The van der Waals surface area contributed by atoms with Gasteiger partial charge in [0, 0.05) is 12.6 Å². The van der Waals surface area contributed by atoms with E-state index < -0.39 is 36.7 Å². The predicted octanol–water partition coefficient (Wildman–Crippen LogP) is 2.04. The average molecular weight is 424 g/mol.